The van der Waals surface area contributed by atoms with Gasteiger partial charge in [-0.25, -0.2) is 0 Å². The average Bonchev–Trinajstić information content (AvgIpc) is 2.29. The van der Waals surface area contributed by atoms with Gasteiger partial charge in [0.1, 0.15) is 0 Å². The Morgan fingerprint density at radius 1 is 1.38 bits per heavy atom. The molecule has 0 aromatic carbocycles. The fourth-order valence-corrected chi connectivity index (χ4v) is 1.42. The lowest BCUT2D eigenvalue weighted by Gasteiger charge is -2.12. The number of aryl methyl sites for hydroxylation is 1. The number of aliphatic hydroxyl groups excluding tert-OH is 1. The van der Waals surface area contributed by atoms with E-state index < -0.39 is 6.10 Å². The lowest BCUT2D eigenvalue weighted by Crippen LogP contribution is -2.08. The van der Waals surface area contributed by atoms with Gasteiger partial charge in [-0.05, 0) is 18.6 Å². The van der Waals surface area contributed by atoms with Gasteiger partial charge in [-0.1, -0.05) is 0 Å². The molecule has 0 amide bonds. The molecule has 1 heterocycles. The first-order valence-corrected chi connectivity index (χ1v) is 5.41. The number of rotatable bonds is 7. The van der Waals surface area contributed by atoms with E-state index in [0.29, 0.717) is 26.2 Å². The second-order valence-electron chi connectivity index (χ2n) is 3.64. The second-order valence-corrected chi connectivity index (χ2v) is 3.64. The van der Waals surface area contributed by atoms with Crippen LogP contribution in [-0.4, -0.2) is 37.0 Å². The zero-order chi connectivity index (χ0) is 11.8. The SMILES string of the molecule is COCCOCCC(O)c1cnccc1C. The van der Waals surface area contributed by atoms with Crippen LogP contribution in [0.1, 0.15) is 23.7 Å². The van der Waals surface area contributed by atoms with Crippen LogP contribution in [0.2, 0.25) is 0 Å². The highest BCUT2D eigenvalue weighted by atomic mass is 16.5. The molecule has 0 aliphatic rings. The van der Waals surface area contributed by atoms with E-state index in [1.807, 2.05) is 13.0 Å². The number of aromatic nitrogens is 1. The average molecular weight is 225 g/mol. The van der Waals surface area contributed by atoms with Crippen molar-refractivity contribution in [2.24, 2.45) is 0 Å². The van der Waals surface area contributed by atoms with Crippen LogP contribution < -0.4 is 0 Å². The van der Waals surface area contributed by atoms with Gasteiger partial charge >= 0.3 is 0 Å². The van der Waals surface area contributed by atoms with Crippen LogP contribution in [0.25, 0.3) is 0 Å². The highest BCUT2D eigenvalue weighted by Crippen LogP contribution is 2.18. The normalized spacial score (nSPS) is 12.7. The highest BCUT2D eigenvalue weighted by Gasteiger charge is 2.09. The first kappa shape index (κ1) is 13.1. The van der Waals surface area contributed by atoms with Gasteiger partial charge in [-0.3, -0.25) is 4.98 Å². The van der Waals surface area contributed by atoms with Crippen molar-refractivity contribution in [3.63, 3.8) is 0 Å². The van der Waals surface area contributed by atoms with Crippen LogP contribution in [0.4, 0.5) is 0 Å². The number of methoxy groups -OCH3 is 1. The number of aliphatic hydroxyl groups is 1. The maximum atomic E-state index is 9.91. The molecule has 1 aromatic heterocycles. The largest absolute Gasteiger partial charge is 0.388 e. The molecule has 0 saturated heterocycles. The number of pyridine rings is 1. The van der Waals surface area contributed by atoms with Gasteiger partial charge in [0.25, 0.3) is 0 Å². The Kier molecular flexibility index (Phi) is 6.00. The van der Waals surface area contributed by atoms with Gasteiger partial charge in [0.2, 0.25) is 0 Å². The smallest absolute Gasteiger partial charge is 0.0829 e. The number of hydrogen-bond acceptors (Lipinski definition) is 4. The van der Waals surface area contributed by atoms with E-state index in [1.54, 1.807) is 19.5 Å². The summed E-state index contributed by atoms with van der Waals surface area (Å²) in [5.41, 5.74) is 1.93. The van der Waals surface area contributed by atoms with Crippen molar-refractivity contribution in [1.82, 2.24) is 4.98 Å². The Morgan fingerprint density at radius 3 is 2.88 bits per heavy atom. The Bertz CT molecular complexity index is 304. The molecule has 0 aliphatic heterocycles. The molecule has 1 aromatic rings. The predicted octanol–water partition coefficient (Wildman–Crippen LogP) is 1.48. The van der Waals surface area contributed by atoms with E-state index in [4.69, 9.17) is 9.47 Å². The van der Waals surface area contributed by atoms with Crippen LogP contribution >= 0.6 is 0 Å². The van der Waals surface area contributed by atoms with E-state index in [-0.39, 0.29) is 0 Å². The molecule has 90 valence electrons. The van der Waals surface area contributed by atoms with E-state index in [0.717, 1.165) is 11.1 Å². The summed E-state index contributed by atoms with van der Waals surface area (Å²) < 4.78 is 10.2. The lowest BCUT2D eigenvalue weighted by atomic mass is 10.0. The van der Waals surface area contributed by atoms with Crippen molar-refractivity contribution in [2.75, 3.05) is 26.9 Å². The molecule has 0 fully saturated rings. The maximum absolute atomic E-state index is 9.91. The number of ether oxygens (including phenoxy) is 2. The van der Waals surface area contributed by atoms with Gasteiger partial charge < -0.3 is 14.6 Å². The third-order valence-corrected chi connectivity index (χ3v) is 2.41. The molecule has 1 unspecified atom stereocenters. The van der Waals surface area contributed by atoms with Crippen LogP contribution in [-0.2, 0) is 9.47 Å². The van der Waals surface area contributed by atoms with Crippen molar-refractivity contribution in [3.05, 3.63) is 29.6 Å². The van der Waals surface area contributed by atoms with E-state index in [9.17, 15) is 5.11 Å². The maximum Gasteiger partial charge on any atom is 0.0829 e. The summed E-state index contributed by atoms with van der Waals surface area (Å²) in [6, 6.07) is 1.89. The van der Waals surface area contributed by atoms with Gasteiger partial charge in [-0.15, -0.1) is 0 Å². The number of nitrogens with zero attached hydrogens (tertiary/aromatic N) is 1. The van der Waals surface area contributed by atoms with Crippen molar-refractivity contribution in [2.45, 2.75) is 19.4 Å². The van der Waals surface area contributed by atoms with E-state index in [1.165, 1.54) is 0 Å². The highest BCUT2D eigenvalue weighted by molar-refractivity contribution is 5.23. The molecular formula is C12H19NO3. The monoisotopic (exact) mass is 225 g/mol. The molecule has 0 radical (unpaired) electrons. The summed E-state index contributed by atoms with van der Waals surface area (Å²) in [5, 5.41) is 9.91. The first-order chi connectivity index (χ1) is 7.75. The molecule has 1 rings (SSSR count). The van der Waals surface area contributed by atoms with Gasteiger partial charge in [0, 0.05) is 38.1 Å². The minimum Gasteiger partial charge on any atom is -0.388 e. The van der Waals surface area contributed by atoms with Crippen molar-refractivity contribution in [1.29, 1.82) is 0 Å². The Morgan fingerprint density at radius 2 is 2.19 bits per heavy atom. The fourth-order valence-electron chi connectivity index (χ4n) is 1.42. The first-order valence-electron chi connectivity index (χ1n) is 5.41. The quantitative estimate of drug-likeness (QED) is 0.714. The third-order valence-electron chi connectivity index (χ3n) is 2.41. The molecule has 16 heavy (non-hydrogen) atoms. The Balaban J connectivity index is 2.30. The summed E-state index contributed by atoms with van der Waals surface area (Å²) in [4.78, 5) is 4.00. The van der Waals surface area contributed by atoms with Crippen molar-refractivity contribution < 1.29 is 14.6 Å². The van der Waals surface area contributed by atoms with Gasteiger partial charge in [-0.2, -0.15) is 0 Å². The van der Waals surface area contributed by atoms with E-state index >= 15 is 0 Å². The molecule has 0 saturated carbocycles. The zero-order valence-electron chi connectivity index (χ0n) is 9.85. The molecule has 4 heteroatoms. The molecular weight excluding hydrogens is 206 g/mol. The zero-order valence-corrected chi connectivity index (χ0v) is 9.85. The van der Waals surface area contributed by atoms with Gasteiger partial charge in [0.05, 0.1) is 19.3 Å². The van der Waals surface area contributed by atoms with Gasteiger partial charge in [0.15, 0.2) is 0 Å². The molecule has 0 spiro atoms. The topological polar surface area (TPSA) is 51.6 Å². The summed E-state index contributed by atoms with van der Waals surface area (Å²) in [7, 11) is 1.64. The van der Waals surface area contributed by atoms with E-state index in [2.05, 4.69) is 4.98 Å². The van der Waals surface area contributed by atoms with Crippen LogP contribution in [0.3, 0.4) is 0 Å². The van der Waals surface area contributed by atoms with Crippen LogP contribution in [0, 0.1) is 6.92 Å². The summed E-state index contributed by atoms with van der Waals surface area (Å²) in [6.07, 6.45) is 3.50. The predicted molar refractivity (Wildman–Crippen MR) is 61.2 cm³/mol. The van der Waals surface area contributed by atoms with Crippen molar-refractivity contribution >= 4 is 0 Å². The van der Waals surface area contributed by atoms with Crippen LogP contribution in [0.5, 0.6) is 0 Å². The summed E-state index contributed by atoms with van der Waals surface area (Å²) in [6.45, 7) is 3.64. The molecule has 4 nitrogen and oxygen atoms in total. The second kappa shape index (κ2) is 7.33. The molecule has 1 atom stereocenters. The van der Waals surface area contributed by atoms with Crippen LogP contribution in [0.15, 0.2) is 18.5 Å². The summed E-state index contributed by atoms with van der Waals surface area (Å²) in [5.74, 6) is 0. The Labute approximate surface area is 96.2 Å². The fraction of sp³-hybridized carbons (Fsp3) is 0.583. The third kappa shape index (κ3) is 4.26. The molecule has 0 aliphatic carbocycles. The van der Waals surface area contributed by atoms with Crippen molar-refractivity contribution in [3.8, 4) is 0 Å². The minimum absolute atomic E-state index is 0.503. The molecule has 0 bridgehead atoms. The standard InChI is InChI=1S/C12H19NO3/c1-10-3-5-13-9-11(10)12(14)4-6-16-8-7-15-2/h3,5,9,12,14H,4,6-8H2,1-2H3. The number of hydrogen-bond donors (Lipinski definition) is 1. The Hall–Kier alpha value is -0.970. The summed E-state index contributed by atoms with van der Waals surface area (Å²) >= 11 is 0. The molecule has 1 N–H and O–H groups in total. The lowest BCUT2D eigenvalue weighted by molar-refractivity contribution is 0.0473. The minimum atomic E-state index is -0.503.